The lowest BCUT2D eigenvalue weighted by molar-refractivity contribution is -0.136. The number of piperidine rings is 1. The van der Waals surface area contributed by atoms with E-state index in [-0.39, 0.29) is 36.8 Å². The van der Waals surface area contributed by atoms with Crippen LogP contribution in [-0.2, 0) is 4.79 Å². The Morgan fingerprint density at radius 1 is 1.40 bits per heavy atom. The molecule has 5 nitrogen and oxygen atoms in total. The lowest BCUT2D eigenvalue weighted by atomic mass is 9.96. The molecule has 2 rings (SSSR count). The molecule has 0 spiro atoms. The van der Waals surface area contributed by atoms with Gasteiger partial charge in [-0.25, -0.2) is 0 Å². The van der Waals surface area contributed by atoms with Crippen molar-refractivity contribution in [2.75, 3.05) is 26.7 Å². The van der Waals surface area contributed by atoms with Crippen LogP contribution in [0.15, 0.2) is 18.5 Å². The van der Waals surface area contributed by atoms with E-state index in [9.17, 15) is 4.79 Å². The fourth-order valence-electron chi connectivity index (χ4n) is 2.53. The monoisotopic (exact) mass is 322 g/mol. The summed E-state index contributed by atoms with van der Waals surface area (Å²) in [6, 6.07) is 1.66. The molecule has 1 aromatic heterocycles. The Morgan fingerprint density at radius 2 is 2.05 bits per heavy atom. The highest BCUT2D eigenvalue weighted by atomic mass is 35.5. The fourth-order valence-corrected chi connectivity index (χ4v) is 2.53. The molecule has 7 heteroatoms. The molecule has 1 atom stereocenters. The zero-order chi connectivity index (χ0) is 13.0. The molecule has 20 heavy (non-hydrogen) atoms. The van der Waals surface area contributed by atoms with E-state index in [4.69, 9.17) is 0 Å². The van der Waals surface area contributed by atoms with Crippen molar-refractivity contribution in [3.63, 3.8) is 0 Å². The molecule has 1 aliphatic heterocycles. The summed E-state index contributed by atoms with van der Waals surface area (Å²) in [6.07, 6.45) is 5.75. The van der Waals surface area contributed by atoms with Gasteiger partial charge in [0.25, 0.3) is 0 Å². The quantitative estimate of drug-likeness (QED) is 0.918. The third-order valence-electron chi connectivity index (χ3n) is 3.70. The molecule has 0 bridgehead atoms. The van der Waals surface area contributed by atoms with Gasteiger partial charge in [0.2, 0.25) is 5.91 Å². The first-order chi connectivity index (χ1) is 8.72. The van der Waals surface area contributed by atoms with E-state index in [1.807, 2.05) is 31.1 Å². The molecule has 0 saturated carbocycles. The predicted octanol–water partition coefficient (Wildman–Crippen LogP) is 1.75. The van der Waals surface area contributed by atoms with Gasteiger partial charge in [-0.05, 0) is 45.3 Å². The maximum atomic E-state index is 12.3. The van der Waals surface area contributed by atoms with Crippen molar-refractivity contribution < 1.29 is 4.79 Å². The number of likely N-dealkylation sites (tertiary alicyclic amines) is 1. The van der Waals surface area contributed by atoms with Gasteiger partial charge in [-0.3, -0.25) is 9.48 Å². The molecular weight excluding hydrogens is 299 g/mol. The Balaban J connectivity index is 0.00000180. The zero-order valence-electron chi connectivity index (χ0n) is 12.0. The van der Waals surface area contributed by atoms with Crippen LogP contribution in [-0.4, -0.2) is 47.3 Å². The van der Waals surface area contributed by atoms with Crippen molar-refractivity contribution in [3.8, 4) is 0 Å². The van der Waals surface area contributed by atoms with Crippen LogP contribution in [0.3, 0.4) is 0 Å². The van der Waals surface area contributed by atoms with E-state index in [1.54, 1.807) is 10.9 Å². The molecule has 1 saturated heterocycles. The van der Waals surface area contributed by atoms with Crippen LogP contribution in [0.1, 0.15) is 25.8 Å². The van der Waals surface area contributed by atoms with Gasteiger partial charge in [-0.2, -0.15) is 5.10 Å². The summed E-state index contributed by atoms with van der Waals surface area (Å²) in [6.45, 7) is 4.71. The molecule has 1 fully saturated rings. The van der Waals surface area contributed by atoms with Gasteiger partial charge in [-0.15, -0.1) is 24.8 Å². The zero-order valence-corrected chi connectivity index (χ0v) is 13.6. The molecule has 0 radical (unpaired) electrons. The molecule has 116 valence electrons. The van der Waals surface area contributed by atoms with Crippen molar-refractivity contribution in [2.45, 2.75) is 25.8 Å². The van der Waals surface area contributed by atoms with Crippen LogP contribution in [0.4, 0.5) is 0 Å². The lowest BCUT2D eigenvalue weighted by Crippen LogP contribution is -2.43. The van der Waals surface area contributed by atoms with Crippen LogP contribution < -0.4 is 5.32 Å². The number of hydrogen-bond acceptors (Lipinski definition) is 3. The molecule has 1 N–H and O–H groups in total. The van der Waals surface area contributed by atoms with E-state index in [0.717, 1.165) is 32.5 Å². The summed E-state index contributed by atoms with van der Waals surface area (Å²) in [4.78, 5) is 14.3. The molecule has 1 unspecified atom stereocenters. The third kappa shape index (κ3) is 4.65. The van der Waals surface area contributed by atoms with Crippen molar-refractivity contribution >= 4 is 30.7 Å². The smallest absolute Gasteiger partial charge is 0.247 e. The third-order valence-corrected chi connectivity index (χ3v) is 3.70. The summed E-state index contributed by atoms with van der Waals surface area (Å²) >= 11 is 0. The Kier molecular flexibility index (Phi) is 8.85. The molecule has 0 aromatic carbocycles. The number of hydrogen-bond donors (Lipinski definition) is 1. The minimum Gasteiger partial charge on any atom is -0.341 e. The standard InChI is InChI=1S/C13H22N4O.2ClH/c1-11(17-7-3-6-15-17)13(18)16-8-4-12(5-9-16)10-14-2;;/h3,6-7,11-12,14H,4-5,8-10H2,1-2H3;2*1H. The maximum Gasteiger partial charge on any atom is 0.247 e. The maximum absolute atomic E-state index is 12.3. The van der Waals surface area contributed by atoms with E-state index >= 15 is 0 Å². The van der Waals surface area contributed by atoms with E-state index in [1.165, 1.54) is 0 Å². The first-order valence-electron chi connectivity index (χ1n) is 6.65. The average Bonchev–Trinajstić information content (AvgIpc) is 2.92. The Bertz CT molecular complexity index is 378. The minimum atomic E-state index is -0.194. The Hall–Kier alpha value is -0.780. The number of nitrogens with one attached hydrogen (secondary N) is 1. The van der Waals surface area contributed by atoms with Crippen molar-refractivity contribution in [1.82, 2.24) is 20.0 Å². The number of nitrogens with zero attached hydrogens (tertiary/aromatic N) is 3. The van der Waals surface area contributed by atoms with Gasteiger partial charge in [0.15, 0.2) is 0 Å². The normalized spacial score (nSPS) is 17.0. The van der Waals surface area contributed by atoms with Gasteiger partial charge in [0, 0.05) is 25.5 Å². The summed E-state index contributed by atoms with van der Waals surface area (Å²) in [5, 5.41) is 7.34. The van der Waals surface area contributed by atoms with E-state index < -0.39 is 0 Å². The number of halogens is 2. The molecule has 0 aliphatic carbocycles. The molecule has 1 amide bonds. The lowest BCUT2D eigenvalue weighted by Gasteiger charge is -2.33. The summed E-state index contributed by atoms with van der Waals surface area (Å²) in [5.74, 6) is 0.890. The topological polar surface area (TPSA) is 50.2 Å². The van der Waals surface area contributed by atoms with Gasteiger partial charge in [0.1, 0.15) is 6.04 Å². The molecule has 1 aromatic rings. The molecule has 1 aliphatic rings. The number of carbonyl (C=O) groups excluding carboxylic acids is 1. The highest BCUT2D eigenvalue weighted by Gasteiger charge is 2.26. The predicted molar refractivity (Wildman–Crippen MR) is 84.7 cm³/mol. The number of aromatic nitrogens is 2. The second kappa shape index (κ2) is 9.21. The first-order valence-corrected chi connectivity index (χ1v) is 6.65. The minimum absolute atomic E-state index is 0. The number of carbonyl (C=O) groups is 1. The van der Waals surface area contributed by atoms with Gasteiger partial charge >= 0.3 is 0 Å². The highest BCUT2D eigenvalue weighted by Crippen LogP contribution is 2.19. The first kappa shape index (κ1) is 19.2. The van der Waals surface area contributed by atoms with Crippen LogP contribution in [0.25, 0.3) is 0 Å². The van der Waals surface area contributed by atoms with E-state index in [0.29, 0.717) is 5.92 Å². The largest absolute Gasteiger partial charge is 0.341 e. The van der Waals surface area contributed by atoms with Crippen LogP contribution in [0.5, 0.6) is 0 Å². The second-order valence-electron chi connectivity index (χ2n) is 4.99. The van der Waals surface area contributed by atoms with Gasteiger partial charge < -0.3 is 10.2 Å². The highest BCUT2D eigenvalue weighted by molar-refractivity contribution is 5.85. The Morgan fingerprint density at radius 3 is 2.55 bits per heavy atom. The second-order valence-corrected chi connectivity index (χ2v) is 4.99. The summed E-state index contributed by atoms with van der Waals surface area (Å²) in [7, 11) is 1.98. The van der Waals surface area contributed by atoms with E-state index in [2.05, 4.69) is 10.4 Å². The van der Waals surface area contributed by atoms with Gasteiger partial charge in [-0.1, -0.05) is 0 Å². The van der Waals surface area contributed by atoms with Crippen LogP contribution in [0, 0.1) is 5.92 Å². The van der Waals surface area contributed by atoms with Crippen molar-refractivity contribution in [1.29, 1.82) is 0 Å². The number of amides is 1. The van der Waals surface area contributed by atoms with Gasteiger partial charge in [0.05, 0.1) is 0 Å². The Labute approximate surface area is 132 Å². The SMILES string of the molecule is CNCC1CCN(C(=O)C(C)n2cccn2)CC1.Cl.Cl. The molecular formula is C13H24Cl2N4O. The average molecular weight is 323 g/mol. The fraction of sp³-hybridized carbons (Fsp3) is 0.692. The summed E-state index contributed by atoms with van der Waals surface area (Å²) in [5.41, 5.74) is 0. The van der Waals surface area contributed by atoms with Crippen molar-refractivity contribution in [2.24, 2.45) is 5.92 Å². The molecule has 2 heterocycles. The van der Waals surface area contributed by atoms with Crippen molar-refractivity contribution in [3.05, 3.63) is 18.5 Å². The van der Waals surface area contributed by atoms with Crippen LogP contribution in [0.2, 0.25) is 0 Å². The van der Waals surface area contributed by atoms with Crippen LogP contribution >= 0.6 is 24.8 Å². The number of rotatable bonds is 4. The summed E-state index contributed by atoms with van der Waals surface area (Å²) < 4.78 is 1.72.